The number of nitrogens with two attached hydrogens (primary N) is 2. The number of ether oxygens (including phenoxy) is 1. The summed E-state index contributed by atoms with van der Waals surface area (Å²) in [5.74, 6) is 0. The number of hydrogen-bond acceptors (Lipinski definition) is 5. The maximum Gasteiger partial charge on any atom is 0.240 e. The fourth-order valence-corrected chi connectivity index (χ4v) is 3.31. The van der Waals surface area contributed by atoms with E-state index in [1.165, 1.54) is 6.07 Å². The number of hydrogen-bond donors (Lipinski definition) is 2. The average molecular weight is 313 g/mol. The van der Waals surface area contributed by atoms with Crippen LogP contribution in [0.1, 0.15) is 26.2 Å². The Morgan fingerprint density at radius 3 is 2.86 bits per heavy atom. The second-order valence-corrected chi connectivity index (χ2v) is 6.84. The lowest BCUT2D eigenvalue weighted by Crippen LogP contribution is -2.40. The summed E-state index contributed by atoms with van der Waals surface area (Å²) in [6.45, 7) is 4.38. The van der Waals surface area contributed by atoms with Gasteiger partial charge < -0.3 is 15.4 Å². The van der Waals surface area contributed by atoms with E-state index in [2.05, 4.69) is 11.8 Å². The van der Waals surface area contributed by atoms with Gasteiger partial charge in [0.2, 0.25) is 10.0 Å². The first-order valence-corrected chi connectivity index (χ1v) is 8.76. The van der Waals surface area contributed by atoms with E-state index < -0.39 is 10.0 Å². The number of para-hydroxylation sites is 1. The molecule has 0 bridgehead atoms. The Hall–Kier alpha value is -1.31. The Kier molecular flexibility index (Phi) is 5.08. The zero-order valence-corrected chi connectivity index (χ0v) is 13.1. The standard InChI is InChI=1S/C14H23N3O3S/c1-2-9-20-11-5-4-8-17(10-11)12-6-3-7-13(14(12)15)21(16,18)19/h3,6-7,11H,2,4-5,8-10,15H2,1H3,(H2,16,18,19). The topological polar surface area (TPSA) is 98.6 Å². The molecule has 1 aromatic rings. The molecule has 2 rings (SSSR count). The molecule has 1 fully saturated rings. The van der Waals surface area contributed by atoms with E-state index in [1.807, 2.05) is 6.07 Å². The second kappa shape index (κ2) is 6.64. The van der Waals surface area contributed by atoms with Gasteiger partial charge in [-0.1, -0.05) is 13.0 Å². The van der Waals surface area contributed by atoms with E-state index in [0.29, 0.717) is 5.69 Å². The maximum atomic E-state index is 11.5. The van der Waals surface area contributed by atoms with Gasteiger partial charge in [-0.15, -0.1) is 0 Å². The Bertz CT molecular complexity index is 589. The number of sulfonamides is 1. The predicted octanol–water partition coefficient (Wildman–Crippen LogP) is 1.31. The van der Waals surface area contributed by atoms with Crippen molar-refractivity contribution in [1.29, 1.82) is 0 Å². The summed E-state index contributed by atoms with van der Waals surface area (Å²) in [7, 11) is -3.81. The highest BCUT2D eigenvalue weighted by molar-refractivity contribution is 7.89. The Morgan fingerprint density at radius 1 is 1.43 bits per heavy atom. The predicted molar refractivity (Wildman–Crippen MR) is 83.7 cm³/mol. The maximum absolute atomic E-state index is 11.5. The molecule has 4 N–H and O–H groups in total. The fraction of sp³-hybridized carbons (Fsp3) is 0.571. The lowest BCUT2D eigenvalue weighted by Gasteiger charge is -2.35. The molecule has 0 aromatic heterocycles. The molecule has 0 saturated carbocycles. The van der Waals surface area contributed by atoms with Crippen LogP contribution < -0.4 is 15.8 Å². The Morgan fingerprint density at radius 2 is 2.19 bits per heavy atom. The third kappa shape index (κ3) is 3.87. The van der Waals surface area contributed by atoms with Crippen LogP contribution in [0.4, 0.5) is 11.4 Å². The van der Waals surface area contributed by atoms with Gasteiger partial charge in [0.1, 0.15) is 4.90 Å². The van der Waals surface area contributed by atoms with Crippen molar-refractivity contribution in [2.24, 2.45) is 5.14 Å². The van der Waals surface area contributed by atoms with Crippen molar-refractivity contribution in [2.75, 3.05) is 30.3 Å². The van der Waals surface area contributed by atoms with E-state index in [1.54, 1.807) is 6.07 Å². The van der Waals surface area contributed by atoms with Gasteiger partial charge in [0.05, 0.1) is 17.5 Å². The number of anilines is 2. The van der Waals surface area contributed by atoms with Crippen molar-refractivity contribution in [3.05, 3.63) is 18.2 Å². The molecular formula is C14H23N3O3S. The molecule has 1 aliphatic rings. The van der Waals surface area contributed by atoms with E-state index in [-0.39, 0.29) is 16.7 Å². The molecule has 1 heterocycles. The molecule has 7 heteroatoms. The molecule has 21 heavy (non-hydrogen) atoms. The summed E-state index contributed by atoms with van der Waals surface area (Å²) >= 11 is 0. The molecule has 0 radical (unpaired) electrons. The van der Waals surface area contributed by atoms with Crippen LogP contribution in [-0.4, -0.2) is 34.2 Å². The summed E-state index contributed by atoms with van der Waals surface area (Å²) in [6.07, 6.45) is 3.16. The van der Waals surface area contributed by atoms with E-state index in [0.717, 1.165) is 39.0 Å². The minimum absolute atomic E-state index is 0.0170. The summed E-state index contributed by atoms with van der Waals surface area (Å²) < 4.78 is 28.9. The van der Waals surface area contributed by atoms with Gasteiger partial charge >= 0.3 is 0 Å². The molecule has 118 valence electrons. The first kappa shape index (κ1) is 16.1. The number of primary sulfonamides is 1. The van der Waals surface area contributed by atoms with Crippen LogP contribution in [-0.2, 0) is 14.8 Å². The van der Waals surface area contributed by atoms with Crippen LogP contribution >= 0.6 is 0 Å². The van der Waals surface area contributed by atoms with Gasteiger partial charge in [-0.25, -0.2) is 13.6 Å². The zero-order chi connectivity index (χ0) is 15.5. The number of piperidine rings is 1. The van der Waals surface area contributed by atoms with Crippen LogP contribution in [0.3, 0.4) is 0 Å². The first-order chi connectivity index (χ1) is 9.93. The highest BCUT2D eigenvalue weighted by Gasteiger charge is 2.24. The van der Waals surface area contributed by atoms with Crippen LogP contribution in [0.15, 0.2) is 23.1 Å². The first-order valence-electron chi connectivity index (χ1n) is 7.21. The quantitative estimate of drug-likeness (QED) is 0.799. The van der Waals surface area contributed by atoms with Crippen molar-refractivity contribution in [3.63, 3.8) is 0 Å². The average Bonchev–Trinajstić information content (AvgIpc) is 2.44. The van der Waals surface area contributed by atoms with Gasteiger partial charge in [-0.05, 0) is 31.4 Å². The van der Waals surface area contributed by atoms with Crippen LogP contribution in [0, 0.1) is 0 Å². The van der Waals surface area contributed by atoms with Crippen LogP contribution in [0.2, 0.25) is 0 Å². The third-order valence-electron chi connectivity index (χ3n) is 3.63. The van der Waals surface area contributed by atoms with E-state index in [9.17, 15) is 8.42 Å². The van der Waals surface area contributed by atoms with Gasteiger partial charge in [0, 0.05) is 19.7 Å². The second-order valence-electron chi connectivity index (χ2n) is 5.32. The minimum Gasteiger partial charge on any atom is -0.396 e. The smallest absolute Gasteiger partial charge is 0.240 e. The molecular weight excluding hydrogens is 290 g/mol. The van der Waals surface area contributed by atoms with Crippen LogP contribution in [0.25, 0.3) is 0 Å². The molecule has 0 aliphatic carbocycles. The molecule has 1 aromatic carbocycles. The Balaban J connectivity index is 2.22. The van der Waals surface area contributed by atoms with Crippen molar-refractivity contribution in [3.8, 4) is 0 Å². The number of rotatable bonds is 5. The molecule has 1 saturated heterocycles. The van der Waals surface area contributed by atoms with Crippen LogP contribution in [0.5, 0.6) is 0 Å². The highest BCUT2D eigenvalue weighted by Crippen LogP contribution is 2.31. The minimum atomic E-state index is -3.81. The molecule has 1 unspecified atom stereocenters. The molecule has 6 nitrogen and oxygen atoms in total. The highest BCUT2D eigenvalue weighted by atomic mass is 32.2. The molecule has 0 amide bonds. The summed E-state index contributed by atoms with van der Waals surface area (Å²) in [5.41, 5.74) is 6.94. The lowest BCUT2D eigenvalue weighted by molar-refractivity contribution is 0.0441. The van der Waals surface area contributed by atoms with Crippen molar-refractivity contribution in [2.45, 2.75) is 37.2 Å². The summed E-state index contributed by atoms with van der Waals surface area (Å²) in [4.78, 5) is 2.06. The monoisotopic (exact) mass is 313 g/mol. The van der Waals surface area contributed by atoms with Crippen molar-refractivity contribution >= 4 is 21.4 Å². The van der Waals surface area contributed by atoms with E-state index in [4.69, 9.17) is 15.6 Å². The zero-order valence-electron chi connectivity index (χ0n) is 12.3. The molecule has 0 spiro atoms. The summed E-state index contributed by atoms with van der Waals surface area (Å²) in [5, 5.41) is 5.20. The third-order valence-corrected chi connectivity index (χ3v) is 4.60. The van der Waals surface area contributed by atoms with Gasteiger partial charge in [0.15, 0.2) is 0 Å². The van der Waals surface area contributed by atoms with Gasteiger partial charge in [0.25, 0.3) is 0 Å². The molecule has 1 aliphatic heterocycles. The fourth-order valence-electron chi connectivity index (χ4n) is 2.63. The molecule has 1 atom stereocenters. The SMILES string of the molecule is CCCOC1CCCN(c2cccc(S(N)(=O)=O)c2N)C1. The number of nitrogen functional groups attached to an aromatic ring is 1. The van der Waals surface area contributed by atoms with Crippen molar-refractivity contribution < 1.29 is 13.2 Å². The van der Waals surface area contributed by atoms with E-state index >= 15 is 0 Å². The number of benzene rings is 1. The number of nitrogens with zero attached hydrogens (tertiary/aromatic N) is 1. The van der Waals surface area contributed by atoms with Gasteiger partial charge in [-0.2, -0.15) is 0 Å². The van der Waals surface area contributed by atoms with Crippen molar-refractivity contribution in [1.82, 2.24) is 0 Å². The Labute approximate surface area is 126 Å². The summed E-state index contributed by atoms with van der Waals surface area (Å²) in [6, 6.07) is 4.93. The normalized spacial score (nSPS) is 19.7. The lowest BCUT2D eigenvalue weighted by atomic mass is 10.1. The van der Waals surface area contributed by atoms with Gasteiger partial charge in [-0.3, -0.25) is 0 Å². The largest absolute Gasteiger partial charge is 0.396 e.